The number of ether oxygens (including phenoxy) is 1. The number of carbonyl (C=O) groups excluding carboxylic acids is 2. The van der Waals surface area contributed by atoms with Crippen molar-refractivity contribution in [3.8, 4) is 5.75 Å². The third kappa shape index (κ3) is 3.46. The number of fused-ring (bicyclic) bond motifs is 1. The number of rotatable bonds is 6. The monoisotopic (exact) mass is 359 g/mol. The first-order valence-electron chi connectivity index (χ1n) is 8.40. The van der Waals surface area contributed by atoms with Gasteiger partial charge >= 0.3 is 5.69 Å². The molecule has 26 heavy (non-hydrogen) atoms. The van der Waals surface area contributed by atoms with E-state index in [1.54, 1.807) is 24.1 Å². The number of amides is 2. The highest BCUT2D eigenvalue weighted by atomic mass is 16.5. The molecule has 9 nitrogen and oxygen atoms in total. The second-order valence-corrected chi connectivity index (χ2v) is 5.93. The molecule has 0 bridgehead atoms. The normalized spacial score (nSPS) is 13.5. The van der Waals surface area contributed by atoms with E-state index in [4.69, 9.17) is 4.74 Å². The van der Waals surface area contributed by atoms with Gasteiger partial charge in [-0.2, -0.15) is 0 Å². The number of carbonyl (C=O) groups is 2. The maximum atomic E-state index is 12.3. The van der Waals surface area contributed by atoms with E-state index in [0.717, 1.165) is 16.0 Å². The summed E-state index contributed by atoms with van der Waals surface area (Å²) in [5, 5.41) is 6.79. The molecule has 1 aliphatic rings. The van der Waals surface area contributed by atoms with E-state index < -0.39 is 5.69 Å². The lowest BCUT2D eigenvalue weighted by Crippen LogP contribution is -2.42. The Bertz CT molecular complexity index is 868. The summed E-state index contributed by atoms with van der Waals surface area (Å²) in [4.78, 5) is 38.3. The first kappa shape index (κ1) is 17.7. The van der Waals surface area contributed by atoms with Gasteiger partial charge < -0.3 is 15.0 Å². The van der Waals surface area contributed by atoms with Crippen molar-refractivity contribution >= 4 is 11.8 Å². The van der Waals surface area contributed by atoms with Gasteiger partial charge in [-0.25, -0.2) is 9.48 Å². The van der Waals surface area contributed by atoms with Crippen molar-refractivity contribution in [2.75, 3.05) is 20.2 Å². The zero-order valence-electron chi connectivity index (χ0n) is 14.8. The van der Waals surface area contributed by atoms with Crippen molar-refractivity contribution < 1.29 is 14.3 Å². The van der Waals surface area contributed by atoms with E-state index >= 15 is 0 Å². The number of nitrogens with zero attached hydrogens (tertiary/aromatic N) is 4. The largest absolute Gasteiger partial charge is 0.497 e. The predicted octanol–water partition coefficient (Wildman–Crippen LogP) is -0.154. The Morgan fingerprint density at radius 2 is 1.96 bits per heavy atom. The summed E-state index contributed by atoms with van der Waals surface area (Å²) >= 11 is 0. The summed E-state index contributed by atoms with van der Waals surface area (Å²) in [5.74, 6) is 0.193. The Balaban J connectivity index is 1.64. The molecule has 3 rings (SSSR count). The molecule has 0 fully saturated rings. The molecule has 1 N–H and O–H groups in total. The van der Waals surface area contributed by atoms with Crippen LogP contribution in [0.2, 0.25) is 0 Å². The molecule has 138 valence electrons. The summed E-state index contributed by atoms with van der Waals surface area (Å²) in [6, 6.07) is 7.30. The van der Waals surface area contributed by atoms with Gasteiger partial charge in [-0.05, 0) is 24.6 Å². The molecule has 9 heteroatoms. The second kappa shape index (κ2) is 7.42. The molecule has 1 aromatic heterocycles. The molecule has 1 aromatic carbocycles. The Hall–Kier alpha value is -3.10. The Morgan fingerprint density at radius 3 is 2.62 bits per heavy atom. The standard InChI is InChI=1S/C17H21N5O4/c1-3-20-8-9-21-15(16(20)24)19-22(17(21)25)11-14(23)18-10-12-4-6-13(26-2)7-5-12/h4-7H,3,8-11H2,1-2H3,(H,18,23). The fourth-order valence-electron chi connectivity index (χ4n) is 2.81. The summed E-state index contributed by atoms with van der Waals surface area (Å²) in [6.07, 6.45) is 0. The van der Waals surface area contributed by atoms with Crippen LogP contribution in [-0.4, -0.2) is 51.3 Å². The summed E-state index contributed by atoms with van der Waals surface area (Å²) in [5.41, 5.74) is 0.466. The number of hydrogen-bond acceptors (Lipinski definition) is 5. The van der Waals surface area contributed by atoms with Crippen molar-refractivity contribution in [3.05, 3.63) is 46.1 Å². The molecule has 0 saturated heterocycles. The fourth-order valence-corrected chi connectivity index (χ4v) is 2.81. The molecule has 2 amide bonds. The predicted molar refractivity (Wildman–Crippen MR) is 92.9 cm³/mol. The van der Waals surface area contributed by atoms with Gasteiger partial charge in [0.15, 0.2) is 0 Å². The number of aromatic nitrogens is 3. The maximum absolute atomic E-state index is 12.3. The Kier molecular flexibility index (Phi) is 5.06. The minimum Gasteiger partial charge on any atom is -0.497 e. The Labute approximate surface area is 150 Å². The molecule has 0 atom stereocenters. The third-order valence-corrected chi connectivity index (χ3v) is 4.32. The van der Waals surface area contributed by atoms with Crippen molar-refractivity contribution in [2.24, 2.45) is 0 Å². The van der Waals surface area contributed by atoms with Gasteiger partial charge in [-0.15, -0.1) is 5.10 Å². The van der Waals surface area contributed by atoms with E-state index in [-0.39, 0.29) is 24.2 Å². The number of hydrogen-bond donors (Lipinski definition) is 1. The lowest BCUT2D eigenvalue weighted by molar-refractivity contribution is -0.122. The number of benzene rings is 1. The third-order valence-electron chi connectivity index (χ3n) is 4.32. The Morgan fingerprint density at radius 1 is 1.23 bits per heavy atom. The molecule has 2 heterocycles. The van der Waals surface area contributed by atoms with Crippen molar-refractivity contribution in [1.29, 1.82) is 0 Å². The smallest absolute Gasteiger partial charge is 0.346 e. The van der Waals surface area contributed by atoms with Crippen molar-refractivity contribution in [3.63, 3.8) is 0 Å². The minimum absolute atomic E-state index is 0.0889. The second-order valence-electron chi connectivity index (χ2n) is 5.93. The summed E-state index contributed by atoms with van der Waals surface area (Å²) in [6.45, 7) is 3.39. The van der Waals surface area contributed by atoms with Crippen LogP contribution in [0.3, 0.4) is 0 Å². The molecule has 1 aliphatic heterocycles. The average molecular weight is 359 g/mol. The van der Waals surface area contributed by atoms with Crippen LogP contribution in [0, 0.1) is 0 Å². The van der Waals surface area contributed by atoms with Crippen LogP contribution in [-0.2, 0) is 24.4 Å². The van der Waals surface area contributed by atoms with Gasteiger partial charge in [0, 0.05) is 26.2 Å². The summed E-state index contributed by atoms with van der Waals surface area (Å²) in [7, 11) is 1.59. The van der Waals surface area contributed by atoms with E-state index in [9.17, 15) is 14.4 Å². The highest BCUT2D eigenvalue weighted by Crippen LogP contribution is 2.11. The maximum Gasteiger partial charge on any atom is 0.346 e. The van der Waals surface area contributed by atoms with Crippen LogP contribution in [0.5, 0.6) is 5.75 Å². The van der Waals surface area contributed by atoms with Gasteiger partial charge in [0.05, 0.1) is 7.11 Å². The topological polar surface area (TPSA) is 98.5 Å². The molecule has 0 radical (unpaired) electrons. The highest BCUT2D eigenvalue weighted by Gasteiger charge is 2.28. The number of likely N-dealkylation sites (N-methyl/N-ethyl adjacent to an activating group) is 1. The molecular weight excluding hydrogens is 338 g/mol. The number of nitrogens with one attached hydrogen (secondary N) is 1. The van der Waals surface area contributed by atoms with Gasteiger partial charge in [-0.3, -0.25) is 14.2 Å². The molecule has 2 aromatic rings. The summed E-state index contributed by atoms with van der Waals surface area (Å²) < 4.78 is 7.45. The van der Waals surface area contributed by atoms with E-state index in [1.807, 2.05) is 19.1 Å². The molecule has 0 unspecified atom stereocenters. The van der Waals surface area contributed by atoms with Crippen molar-refractivity contribution in [1.82, 2.24) is 24.6 Å². The van der Waals surface area contributed by atoms with Crippen LogP contribution < -0.4 is 15.7 Å². The van der Waals surface area contributed by atoms with E-state index in [1.165, 1.54) is 4.57 Å². The van der Waals surface area contributed by atoms with Crippen LogP contribution in [0.15, 0.2) is 29.1 Å². The van der Waals surface area contributed by atoms with Crippen LogP contribution >= 0.6 is 0 Å². The van der Waals surface area contributed by atoms with Gasteiger partial charge in [0.1, 0.15) is 12.3 Å². The zero-order chi connectivity index (χ0) is 18.7. The highest BCUT2D eigenvalue weighted by molar-refractivity contribution is 5.91. The van der Waals surface area contributed by atoms with Crippen LogP contribution in [0.4, 0.5) is 0 Å². The lowest BCUT2D eigenvalue weighted by Gasteiger charge is -2.24. The quantitative estimate of drug-likeness (QED) is 0.773. The molecular formula is C17H21N5O4. The molecule has 0 spiro atoms. The lowest BCUT2D eigenvalue weighted by atomic mass is 10.2. The average Bonchev–Trinajstić information content (AvgIpc) is 2.97. The fraction of sp³-hybridized carbons (Fsp3) is 0.412. The zero-order valence-corrected chi connectivity index (χ0v) is 14.8. The van der Waals surface area contributed by atoms with Gasteiger partial charge in [0.2, 0.25) is 11.7 Å². The van der Waals surface area contributed by atoms with Gasteiger partial charge in [0.25, 0.3) is 5.91 Å². The first-order chi connectivity index (χ1) is 12.5. The van der Waals surface area contributed by atoms with Crippen molar-refractivity contribution in [2.45, 2.75) is 26.6 Å². The first-order valence-corrected chi connectivity index (χ1v) is 8.40. The minimum atomic E-state index is -0.441. The van der Waals surface area contributed by atoms with E-state index in [2.05, 4.69) is 10.4 Å². The molecule has 0 aliphatic carbocycles. The SMILES string of the molecule is CCN1CCn2c(nn(CC(=O)NCc3ccc(OC)cc3)c2=O)C1=O. The van der Waals surface area contributed by atoms with Crippen LogP contribution in [0.25, 0.3) is 0 Å². The van der Waals surface area contributed by atoms with Gasteiger partial charge in [-0.1, -0.05) is 12.1 Å². The molecule has 0 saturated carbocycles. The number of methoxy groups -OCH3 is 1. The van der Waals surface area contributed by atoms with Crippen LogP contribution in [0.1, 0.15) is 23.1 Å². The van der Waals surface area contributed by atoms with E-state index in [0.29, 0.717) is 26.2 Å².